The Morgan fingerprint density at radius 2 is 1.80 bits per heavy atom. The van der Waals surface area contributed by atoms with Crippen molar-refractivity contribution in [2.75, 3.05) is 22.9 Å². The molecule has 30 heavy (non-hydrogen) atoms. The zero-order valence-electron chi connectivity index (χ0n) is 17.0. The van der Waals surface area contributed by atoms with Crippen molar-refractivity contribution in [1.29, 1.82) is 0 Å². The molecule has 1 aliphatic carbocycles. The lowest BCUT2D eigenvalue weighted by Gasteiger charge is -2.23. The highest BCUT2D eigenvalue weighted by molar-refractivity contribution is 7.99. The van der Waals surface area contributed by atoms with Crippen LogP contribution in [0.25, 0.3) is 0 Å². The highest BCUT2D eigenvalue weighted by Crippen LogP contribution is 2.29. The van der Waals surface area contributed by atoms with Crippen LogP contribution in [0.2, 0.25) is 0 Å². The van der Waals surface area contributed by atoms with Gasteiger partial charge in [-0.05, 0) is 42.7 Å². The van der Waals surface area contributed by atoms with Crippen LogP contribution >= 0.6 is 11.8 Å². The van der Waals surface area contributed by atoms with Crippen LogP contribution in [0.5, 0.6) is 0 Å². The molecule has 5 nitrogen and oxygen atoms in total. The molecule has 1 fully saturated rings. The molecule has 1 N–H and O–H groups in total. The molecule has 0 radical (unpaired) electrons. The fraction of sp³-hybridized carbons (Fsp3) is 0.409. The Balaban J connectivity index is 1.58. The predicted molar refractivity (Wildman–Crippen MR) is 121 cm³/mol. The molecular weight excluding hydrogens is 423 g/mol. The van der Waals surface area contributed by atoms with Gasteiger partial charge in [0.2, 0.25) is 10.0 Å². The van der Waals surface area contributed by atoms with Crippen molar-refractivity contribution < 1.29 is 17.6 Å². The van der Waals surface area contributed by atoms with Crippen LogP contribution < -0.4 is 9.62 Å². The smallest absolute Gasteiger partial charge is 0.251 e. The third-order valence-electron chi connectivity index (χ3n) is 5.11. The highest BCUT2D eigenvalue weighted by atomic mass is 32.2. The third-order valence-corrected chi connectivity index (χ3v) is 7.62. The molecule has 1 saturated carbocycles. The van der Waals surface area contributed by atoms with Crippen molar-refractivity contribution in [1.82, 2.24) is 5.32 Å². The maximum atomic E-state index is 14.1. The average Bonchev–Trinajstić information content (AvgIpc) is 3.23. The molecule has 0 spiro atoms. The first-order valence-electron chi connectivity index (χ1n) is 10.1. The number of hydrogen-bond acceptors (Lipinski definition) is 4. The first-order valence-corrected chi connectivity index (χ1v) is 13.0. The van der Waals surface area contributed by atoms with Gasteiger partial charge in [-0.25, -0.2) is 12.8 Å². The molecule has 1 aliphatic rings. The van der Waals surface area contributed by atoms with E-state index in [2.05, 4.69) is 5.32 Å². The van der Waals surface area contributed by atoms with Gasteiger partial charge in [0, 0.05) is 23.1 Å². The molecule has 3 rings (SSSR count). The third kappa shape index (κ3) is 6.22. The van der Waals surface area contributed by atoms with Gasteiger partial charge in [-0.2, -0.15) is 11.8 Å². The average molecular weight is 451 g/mol. The Bertz CT molecular complexity index is 959. The maximum absolute atomic E-state index is 14.1. The molecule has 0 heterocycles. The number of nitrogens with zero attached hydrogens (tertiary/aromatic N) is 1. The normalized spacial score (nSPS) is 14.6. The number of benzene rings is 2. The van der Waals surface area contributed by atoms with E-state index in [0.717, 1.165) is 21.6 Å². The molecule has 0 unspecified atom stereocenters. The van der Waals surface area contributed by atoms with E-state index in [9.17, 15) is 17.6 Å². The first-order chi connectivity index (χ1) is 14.3. The van der Waals surface area contributed by atoms with Crippen LogP contribution in [0.4, 0.5) is 10.1 Å². The minimum absolute atomic E-state index is 0.00147. The lowest BCUT2D eigenvalue weighted by Crippen LogP contribution is -2.30. The summed E-state index contributed by atoms with van der Waals surface area (Å²) < 4.78 is 39.6. The number of sulfonamides is 1. The van der Waals surface area contributed by atoms with E-state index in [-0.39, 0.29) is 18.1 Å². The summed E-state index contributed by atoms with van der Waals surface area (Å²) in [6.07, 6.45) is 6.22. The summed E-state index contributed by atoms with van der Waals surface area (Å²) in [6.45, 7) is 0.608. The van der Waals surface area contributed by atoms with Crippen LogP contribution in [0.3, 0.4) is 0 Å². The number of amides is 1. The van der Waals surface area contributed by atoms with E-state index in [1.54, 1.807) is 30.3 Å². The molecule has 0 bridgehead atoms. The Kier molecular flexibility index (Phi) is 7.77. The quantitative estimate of drug-likeness (QED) is 0.582. The zero-order valence-corrected chi connectivity index (χ0v) is 18.6. The minimum Gasteiger partial charge on any atom is -0.351 e. The number of carbonyl (C=O) groups excluding carboxylic acids is 1. The van der Waals surface area contributed by atoms with Crippen molar-refractivity contribution in [2.45, 2.75) is 37.5 Å². The summed E-state index contributed by atoms with van der Waals surface area (Å²) in [5, 5.41) is 3.66. The fourth-order valence-corrected chi connectivity index (χ4v) is 5.62. The summed E-state index contributed by atoms with van der Waals surface area (Å²) in [7, 11) is -3.68. The Morgan fingerprint density at radius 1 is 1.13 bits per heavy atom. The Labute approximate surface area is 182 Å². The van der Waals surface area contributed by atoms with Crippen molar-refractivity contribution >= 4 is 33.4 Å². The number of nitrogens with one attached hydrogen (secondary N) is 1. The predicted octanol–water partition coefficient (Wildman–Crippen LogP) is 4.20. The molecule has 2 aromatic carbocycles. The van der Waals surface area contributed by atoms with Gasteiger partial charge in [-0.15, -0.1) is 0 Å². The minimum atomic E-state index is -3.68. The van der Waals surface area contributed by atoms with E-state index in [1.165, 1.54) is 43.9 Å². The van der Waals surface area contributed by atoms with E-state index in [0.29, 0.717) is 17.7 Å². The maximum Gasteiger partial charge on any atom is 0.251 e. The molecule has 1 amide bonds. The summed E-state index contributed by atoms with van der Waals surface area (Å²) in [6, 6.07) is 12.5. The number of anilines is 1. The Morgan fingerprint density at radius 3 is 2.43 bits per heavy atom. The molecular formula is C22H27FN2O3S2. The van der Waals surface area contributed by atoms with E-state index in [4.69, 9.17) is 0 Å². The standard InChI is InChI=1S/C22H27FN2O3S2/c1-30(27,28)25(21-9-5-4-8-20(21)23)16-17-10-12-18(13-11-17)22(26)24-14-15-29-19-6-2-3-7-19/h4-5,8-13,19H,2-3,6-7,14-16H2,1H3,(H,24,26). The lowest BCUT2D eigenvalue weighted by molar-refractivity contribution is 0.0956. The molecule has 162 valence electrons. The number of rotatable bonds is 9. The second-order valence-corrected chi connectivity index (χ2v) is 10.8. The largest absolute Gasteiger partial charge is 0.351 e. The fourth-order valence-electron chi connectivity index (χ4n) is 3.51. The van der Waals surface area contributed by atoms with E-state index >= 15 is 0 Å². The molecule has 0 saturated heterocycles. The van der Waals surface area contributed by atoms with Crippen molar-refractivity contribution in [3.8, 4) is 0 Å². The van der Waals surface area contributed by atoms with Crippen LogP contribution in [0, 0.1) is 5.82 Å². The van der Waals surface area contributed by atoms with Crippen molar-refractivity contribution in [2.24, 2.45) is 0 Å². The van der Waals surface area contributed by atoms with Gasteiger partial charge in [-0.3, -0.25) is 9.10 Å². The molecule has 2 aromatic rings. The van der Waals surface area contributed by atoms with Gasteiger partial charge in [-0.1, -0.05) is 37.1 Å². The number of para-hydroxylation sites is 1. The number of thioether (sulfide) groups is 1. The number of hydrogen-bond donors (Lipinski definition) is 1. The molecule has 0 aliphatic heterocycles. The van der Waals surface area contributed by atoms with Crippen LogP contribution in [-0.2, 0) is 16.6 Å². The highest BCUT2D eigenvalue weighted by Gasteiger charge is 2.21. The van der Waals surface area contributed by atoms with Gasteiger partial charge in [0.05, 0.1) is 18.5 Å². The van der Waals surface area contributed by atoms with E-state index in [1.807, 2.05) is 11.8 Å². The number of carbonyl (C=O) groups is 1. The van der Waals surface area contributed by atoms with Crippen molar-refractivity contribution in [3.05, 3.63) is 65.5 Å². The molecule has 0 aromatic heterocycles. The topological polar surface area (TPSA) is 66.5 Å². The monoisotopic (exact) mass is 450 g/mol. The second kappa shape index (κ2) is 10.3. The van der Waals surface area contributed by atoms with Crippen LogP contribution in [0.15, 0.2) is 48.5 Å². The van der Waals surface area contributed by atoms with E-state index < -0.39 is 15.8 Å². The molecule has 8 heteroatoms. The summed E-state index contributed by atoms with van der Waals surface area (Å²) in [5.41, 5.74) is 1.18. The van der Waals surface area contributed by atoms with Gasteiger partial charge in [0.1, 0.15) is 5.82 Å². The lowest BCUT2D eigenvalue weighted by atomic mass is 10.1. The second-order valence-electron chi connectivity index (χ2n) is 7.45. The Hall–Kier alpha value is -2.06. The van der Waals surface area contributed by atoms with Crippen LogP contribution in [-0.4, -0.2) is 38.1 Å². The first kappa shape index (κ1) is 22.6. The van der Waals surface area contributed by atoms with Gasteiger partial charge >= 0.3 is 0 Å². The SMILES string of the molecule is CS(=O)(=O)N(Cc1ccc(C(=O)NCCSC2CCCC2)cc1)c1ccccc1F. The van der Waals surface area contributed by atoms with Gasteiger partial charge < -0.3 is 5.32 Å². The number of halogens is 1. The van der Waals surface area contributed by atoms with Gasteiger partial charge in [0.25, 0.3) is 5.91 Å². The molecule has 0 atom stereocenters. The zero-order chi connectivity index (χ0) is 21.6. The summed E-state index contributed by atoms with van der Waals surface area (Å²) >= 11 is 1.92. The summed E-state index contributed by atoms with van der Waals surface area (Å²) in [4.78, 5) is 12.3. The van der Waals surface area contributed by atoms with Crippen molar-refractivity contribution in [3.63, 3.8) is 0 Å². The van der Waals surface area contributed by atoms with Crippen LogP contribution in [0.1, 0.15) is 41.6 Å². The van der Waals surface area contributed by atoms with Gasteiger partial charge in [0.15, 0.2) is 0 Å². The summed E-state index contributed by atoms with van der Waals surface area (Å²) in [5.74, 6) is 0.150.